The normalized spacial score (nSPS) is 13.8. The molecule has 1 aromatic carbocycles. The van der Waals surface area contributed by atoms with Crippen molar-refractivity contribution in [3.63, 3.8) is 0 Å². The van der Waals surface area contributed by atoms with E-state index >= 15 is 0 Å². The van der Waals surface area contributed by atoms with Gasteiger partial charge in [-0.1, -0.05) is 19.1 Å². The molecule has 0 spiro atoms. The van der Waals surface area contributed by atoms with Gasteiger partial charge in [0.15, 0.2) is 0 Å². The third-order valence-corrected chi connectivity index (χ3v) is 3.63. The summed E-state index contributed by atoms with van der Waals surface area (Å²) in [6.45, 7) is 2.88. The highest BCUT2D eigenvalue weighted by Gasteiger charge is 2.28. The maximum absolute atomic E-state index is 13.0. The molecule has 0 fully saturated rings. The Morgan fingerprint density at radius 2 is 1.84 bits per heavy atom. The lowest BCUT2D eigenvalue weighted by atomic mass is 9.97. The number of hydrogen-bond donors (Lipinski definition) is 3. The van der Waals surface area contributed by atoms with Gasteiger partial charge >= 0.3 is 0 Å². The van der Waals surface area contributed by atoms with E-state index in [0.29, 0.717) is 5.56 Å². The summed E-state index contributed by atoms with van der Waals surface area (Å²) in [5.41, 5.74) is 5.93. The number of primary amides is 1. The van der Waals surface area contributed by atoms with Crippen LogP contribution >= 0.6 is 0 Å². The maximum atomic E-state index is 13.0. The summed E-state index contributed by atoms with van der Waals surface area (Å²) in [4.78, 5) is 35.4. The van der Waals surface area contributed by atoms with E-state index in [2.05, 4.69) is 10.6 Å². The number of hydrogen-bond acceptors (Lipinski definition) is 4. The van der Waals surface area contributed by atoms with E-state index < -0.39 is 41.5 Å². The van der Waals surface area contributed by atoms with E-state index in [-0.39, 0.29) is 12.8 Å². The number of rotatable bonds is 8. The molecule has 134 valence electrons. The van der Waals surface area contributed by atoms with Crippen LogP contribution in [0.15, 0.2) is 24.3 Å². The first-order valence-corrected chi connectivity index (χ1v) is 7.72. The van der Waals surface area contributed by atoms with Crippen LogP contribution in [0.2, 0.25) is 0 Å². The number of carbonyl (C=O) groups excluding carboxylic acids is 3. The molecule has 0 aromatic heterocycles. The lowest BCUT2D eigenvalue weighted by Crippen LogP contribution is -2.55. The number of benzene rings is 1. The van der Waals surface area contributed by atoms with Crippen LogP contribution in [0.3, 0.4) is 0 Å². The molecule has 25 heavy (non-hydrogen) atoms. The number of nitriles is 1. The highest BCUT2D eigenvalue weighted by atomic mass is 19.1. The van der Waals surface area contributed by atoms with E-state index in [4.69, 9.17) is 11.0 Å². The number of halogens is 1. The topological polar surface area (TPSA) is 125 Å². The number of nitrogens with one attached hydrogen (secondary N) is 2. The van der Waals surface area contributed by atoms with Gasteiger partial charge in [0.25, 0.3) is 0 Å². The van der Waals surface area contributed by atoms with Crippen LogP contribution < -0.4 is 16.4 Å². The Morgan fingerprint density at radius 1 is 1.24 bits per heavy atom. The fourth-order valence-electron chi connectivity index (χ4n) is 2.32. The van der Waals surface area contributed by atoms with Crippen molar-refractivity contribution in [2.24, 2.45) is 11.7 Å². The molecule has 0 heterocycles. The van der Waals surface area contributed by atoms with Gasteiger partial charge in [0.05, 0.1) is 6.07 Å². The van der Waals surface area contributed by atoms with Crippen molar-refractivity contribution < 1.29 is 18.8 Å². The van der Waals surface area contributed by atoms with Gasteiger partial charge < -0.3 is 16.4 Å². The smallest absolute Gasteiger partial charge is 0.243 e. The van der Waals surface area contributed by atoms with Gasteiger partial charge in [-0.3, -0.25) is 14.4 Å². The third-order valence-electron chi connectivity index (χ3n) is 3.63. The van der Waals surface area contributed by atoms with E-state index in [1.807, 2.05) is 6.07 Å². The van der Waals surface area contributed by atoms with Crippen molar-refractivity contribution >= 4 is 17.7 Å². The van der Waals surface area contributed by atoms with Crippen LogP contribution in [-0.2, 0) is 20.8 Å². The molecule has 0 saturated carbocycles. The molecule has 3 atom stereocenters. The Bertz CT molecular complexity index is 669. The van der Waals surface area contributed by atoms with Crippen LogP contribution in [0.1, 0.15) is 25.8 Å². The number of amides is 3. The second-order valence-electron chi connectivity index (χ2n) is 5.81. The Kier molecular flexibility index (Phi) is 7.53. The van der Waals surface area contributed by atoms with Crippen LogP contribution in [0.25, 0.3) is 0 Å². The molecule has 0 bridgehead atoms. The summed E-state index contributed by atoms with van der Waals surface area (Å²) < 4.78 is 13.0. The molecule has 0 aliphatic carbocycles. The number of nitrogens with two attached hydrogens (primary N) is 1. The fraction of sp³-hybridized carbons (Fsp3) is 0.412. The van der Waals surface area contributed by atoms with E-state index in [1.54, 1.807) is 6.92 Å². The van der Waals surface area contributed by atoms with Gasteiger partial charge in [0.2, 0.25) is 17.7 Å². The summed E-state index contributed by atoms with van der Waals surface area (Å²) in [5, 5.41) is 13.7. The lowest BCUT2D eigenvalue weighted by Gasteiger charge is -2.24. The highest BCUT2D eigenvalue weighted by molar-refractivity contribution is 5.91. The first-order chi connectivity index (χ1) is 11.7. The SMILES string of the molecule is CC(=O)N[C@@H](Cc1ccc(F)cc1)C(=O)N[C@H](C(N)=O)[C@H](C)CC#N. The summed E-state index contributed by atoms with van der Waals surface area (Å²) >= 11 is 0. The molecule has 7 nitrogen and oxygen atoms in total. The standard InChI is InChI=1S/C17H21FN4O3/c1-10(7-8-19)15(16(20)24)22-17(25)14(21-11(2)23)9-12-3-5-13(18)6-4-12/h3-6,10,14-15H,7,9H2,1-2H3,(H2,20,24)(H,21,23)(H,22,25)/t10-,14+,15+/m1/s1. The third kappa shape index (κ3) is 6.59. The Labute approximate surface area is 145 Å². The first kappa shape index (κ1) is 20.1. The van der Waals surface area contributed by atoms with Crippen LogP contribution in [0.5, 0.6) is 0 Å². The minimum atomic E-state index is -1.03. The average Bonchev–Trinajstić information content (AvgIpc) is 2.53. The lowest BCUT2D eigenvalue weighted by molar-refractivity contribution is -0.131. The minimum Gasteiger partial charge on any atom is -0.368 e. The van der Waals surface area contributed by atoms with Gasteiger partial charge in [-0.05, 0) is 23.6 Å². The Balaban J connectivity index is 2.91. The molecular formula is C17H21FN4O3. The predicted octanol–water partition coefficient (Wildman–Crippen LogP) is 0.393. The number of nitrogens with zero attached hydrogens (tertiary/aromatic N) is 1. The van der Waals surface area contributed by atoms with Crippen molar-refractivity contribution in [2.75, 3.05) is 0 Å². The molecule has 0 saturated heterocycles. The van der Waals surface area contributed by atoms with E-state index in [1.165, 1.54) is 31.2 Å². The van der Waals surface area contributed by atoms with Gasteiger partial charge in [0.1, 0.15) is 17.9 Å². The fourth-order valence-corrected chi connectivity index (χ4v) is 2.32. The second kappa shape index (κ2) is 9.37. The molecule has 8 heteroatoms. The van der Waals surface area contributed by atoms with Gasteiger partial charge in [-0.2, -0.15) is 5.26 Å². The molecule has 1 rings (SSSR count). The highest BCUT2D eigenvalue weighted by Crippen LogP contribution is 2.10. The van der Waals surface area contributed by atoms with Crippen molar-refractivity contribution in [3.05, 3.63) is 35.6 Å². The van der Waals surface area contributed by atoms with Crippen LogP contribution in [0.4, 0.5) is 4.39 Å². The molecule has 0 radical (unpaired) electrons. The Hall–Kier alpha value is -2.95. The van der Waals surface area contributed by atoms with Gasteiger partial charge in [0, 0.05) is 19.8 Å². The molecule has 3 amide bonds. The number of carbonyl (C=O) groups is 3. The van der Waals surface area contributed by atoms with Crippen molar-refractivity contribution in [1.29, 1.82) is 5.26 Å². The van der Waals surface area contributed by atoms with Crippen molar-refractivity contribution in [3.8, 4) is 6.07 Å². The maximum Gasteiger partial charge on any atom is 0.243 e. The average molecular weight is 348 g/mol. The zero-order chi connectivity index (χ0) is 19.0. The molecule has 4 N–H and O–H groups in total. The van der Waals surface area contributed by atoms with E-state index in [0.717, 1.165) is 0 Å². The van der Waals surface area contributed by atoms with Gasteiger partial charge in [-0.15, -0.1) is 0 Å². The molecule has 0 unspecified atom stereocenters. The molecule has 1 aromatic rings. The van der Waals surface area contributed by atoms with Crippen LogP contribution in [-0.4, -0.2) is 29.8 Å². The molecule has 0 aliphatic heterocycles. The van der Waals surface area contributed by atoms with E-state index in [9.17, 15) is 18.8 Å². The monoisotopic (exact) mass is 348 g/mol. The first-order valence-electron chi connectivity index (χ1n) is 7.72. The van der Waals surface area contributed by atoms with Crippen molar-refractivity contribution in [2.45, 2.75) is 38.8 Å². The Morgan fingerprint density at radius 3 is 2.32 bits per heavy atom. The molecule has 0 aliphatic rings. The van der Waals surface area contributed by atoms with Gasteiger partial charge in [-0.25, -0.2) is 4.39 Å². The largest absolute Gasteiger partial charge is 0.368 e. The van der Waals surface area contributed by atoms with Crippen LogP contribution in [0, 0.1) is 23.1 Å². The quantitative estimate of drug-likeness (QED) is 0.628. The molecular weight excluding hydrogens is 327 g/mol. The zero-order valence-corrected chi connectivity index (χ0v) is 14.1. The summed E-state index contributed by atoms with van der Waals surface area (Å²) in [6.07, 6.45) is 0.153. The second-order valence-corrected chi connectivity index (χ2v) is 5.81. The van der Waals surface area contributed by atoms with Crippen molar-refractivity contribution in [1.82, 2.24) is 10.6 Å². The minimum absolute atomic E-state index is 0.0383. The zero-order valence-electron chi connectivity index (χ0n) is 14.1. The summed E-state index contributed by atoms with van der Waals surface area (Å²) in [6, 6.07) is 5.43. The summed E-state index contributed by atoms with van der Waals surface area (Å²) in [5.74, 6) is -2.69. The predicted molar refractivity (Wildman–Crippen MR) is 88.2 cm³/mol. The summed E-state index contributed by atoms with van der Waals surface area (Å²) in [7, 11) is 0.